The van der Waals surface area contributed by atoms with Gasteiger partial charge < -0.3 is 10.0 Å². The van der Waals surface area contributed by atoms with Gasteiger partial charge in [-0.1, -0.05) is 94.9 Å². The van der Waals surface area contributed by atoms with Crippen molar-refractivity contribution in [3.8, 4) is 11.8 Å². The van der Waals surface area contributed by atoms with Gasteiger partial charge in [0, 0.05) is 18.5 Å². The molecule has 1 N–H and O–H groups in total. The van der Waals surface area contributed by atoms with E-state index in [1.807, 2.05) is 12.1 Å². The summed E-state index contributed by atoms with van der Waals surface area (Å²) in [6.45, 7) is 3.99. The van der Waals surface area contributed by atoms with Crippen LogP contribution in [0, 0.1) is 11.8 Å². The third kappa shape index (κ3) is 10.2. The molecule has 2 aromatic rings. The highest BCUT2D eigenvalue weighted by atomic mass is 19.4. The number of rotatable bonds is 13. The molecular weight excluding hydrogens is 491 g/mol. The van der Waals surface area contributed by atoms with Crippen molar-refractivity contribution in [2.75, 3.05) is 0 Å². The van der Waals surface area contributed by atoms with Gasteiger partial charge in [0.1, 0.15) is 0 Å². The van der Waals surface area contributed by atoms with Crippen LogP contribution in [0.15, 0.2) is 48.5 Å². The lowest BCUT2D eigenvalue weighted by Crippen LogP contribution is -2.38. The van der Waals surface area contributed by atoms with E-state index in [9.17, 15) is 27.9 Å². The van der Waals surface area contributed by atoms with Crippen LogP contribution in [0.25, 0.3) is 0 Å². The number of aliphatic carboxylic acids is 1. The van der Waals surface area contributed by atoms with Gasteiger partial charge in [0.15, 0.2) is 0 Å². The molecule has 2 rings (SSSR count). The Morgan fingerprint density at radius 1 is 0.868 bits per heavy atom. The second-order valence-electron chi connectivity index (χ2n) is 9.51. The molecule has 0 aromatic heterocycles. The SMILES string of the molecule is CCCCCCCCCCC#Cc1ccc(CN(C(=O)C(=O)O)C(CC)c2ccc(C(F)(F)F)cc2)cc1. The largest absolute Gasteiger partial charge is 0.474 e. The lowest BCUT2D eigenvalue weighted by atomic mass is 9.99. The number of carbonyl (C=O) groups is 2. The monoisotopic (exact) mass is 529 g/mol. The van der Waals surface area contributed by atoms with Crippen molar-refractivity contribution in [3.05, 3.63) is 70.8 Å². The quantitative estimate of drug-likeness (QED) is 0.162. The van der Waals surface area contributed by atoms with Gasteiger partial charge in [-0.05, 0) is 48.2 Å². The Balaban J connectivity index is 2.01. The van der Waals surface area contributed by atoms with Gasteiger partial charge in [-0.2, -0.15) is 13.2 Å². The second-order valence-corrected chi connectivity index (χ2v) is 9.51. The maximum absolute atomic E-state index is 13.0. The number of alkyl halides is 3. The Morgan fingerprint density at radius 3 is 1.97 bits per heavy atom. The molecule has 7 heteroatoms. The van der Waals surface area contributed by atoms with E-state index in [0.29, 0.717) is 17.5 Å². The molecule has 0 spiro atoms. The zero-order valence-electron chi connectivity index (χ0n) is 22.3. The molecule has 0 bridgehead atoms. The predicted octanol–water partition coefficient (Wildman–Crippen LogP) is 8.15. The van der Waals surface area contributed by atoms with E-state index >= 15 is 0 Å². The normalized spacial score (nSPS) is 11.9. The second kappa shape index (κ2) is 15.9. The summed E-state index contributed by atoms with van der Waals surface area (Å²) in [5.41, 5.74) is 1.18. The van der Waals surface area contributed by atoms with Crippen LogP contribution in [0.2, 0.25) is 0 Å². The molecular formula is C31H38F3NO3. The van der Waals surface area contributed by atoms with Gasteiger partial charge in [-0.15, -0.1) is 0 Å². The minimum absolute atomic E-state index is 0.0105. The zero-order valence-corrected chi connectivity index (χ0v) is 22.3. The summed E-state index contributed by atoms with van der Waals surface area (Å²) in [6, 6.07) is 11.0. The van der Waals surface area contributed by atoms with Crippen LogP contribution in [0.3, 0.4) is 0 Å². The van der Waals surface area contributed by atoms with Gasteiger partial charge in [-0.25, -0.2) is 4.79 Å². The third-order valence-corrected chi connectivity index (χ3v) is 6.52. The van der Waals surface area contributed by atoms with Crippen LogP contribution in [-0.2, 0) is 22.3 Å². The standard InChI is InChI=1S/C31H38F3NO3/c1-3-5-6-7-8-9-10-11-12-13-14-24-15-17-25(18-16-24)23-35(29(36)30(37)38)28(4-2)26-19-21-27(22-20-26)31(32,33)34/h15-22,28H,3-12,23H2,1-2H3,(H,37,38). The first-order chi connectivity index (χ1) is 18.2. The number of amides is 1. The molecule has 1 atom stereocenters. The Hall–Kier alpha value is -3.27. The number of carbonyl (C=O) groups excluding carboxylic acids is 1. The van der Waals surface area contributed by atoms with Crippen molar-refractivity contribution >= 4 is 11.9 Å². The van der Waals surface area contributed by atoms with Crippen LogP contribution in [0.4, 0.5) is 13.2 Å². The van der Waals surface area contributed by atoms with Crippen molar-refractivity contribution in [3.63, 3.8) is 0 Å². The minimum atomic E-state index is -4.48. The first-order valence-electron chi connectivity index (χ1n) is 13.5. The van der Waals surface area contributed by atoms with E-state index in [4.69, 9.17) is 0 Å². The molecule has 0 heterocycles. The highest BCUT2D eigenvalue weighted by Crippen LogP contribution is 2.32. The summed E-state index contributed by atoms with van der Waals surface area (Å²) in [4.78, 5) is 25.3. The number of hydrogen-bond acceptors (Lipinski definition) is 2. The molecule has 0 radical (unpaired) electrons. The first-order valence-corrected chi connectivity index (χ1v) is 13.5. The topological polar surface area (TPSA) is 57.6 Å². The van der Waals surface area contributed by atoms with E-state index < -0.39 is 29.7 Å². The van der Waals surface area contributed by atoms with E-state index in [0.717, 1.165) is 30.5 Å². The van der Waals surface area contributed by atoms with E-state index in [1.165, 1.54) is 62.0 Å². The lowest BCUT2D eigenvalue weighted by Gasteiger charge is -2.30. The molecule has 1 amide bonds. The predicted molar refractivity (Wildman–Crippen MR) is 143 cm³/mol. The average Bonchev–Trinajstić information content (AvgIpc) is 2.89. The lowest BCUT2D eigenvalue weighted by molar-refractivity contribution is -0.157. The van der Waals surface area contributed by atoms with Crippen LogP contribution in [0.1, 0.15) is 106 Å². The van der Waals surface area contributed by atoms with Gasteiger partial charge >= 0.3 is 18.1 Å². The molecule has 38 heavy (non-hydrogen) atoms. The summed E-state index contributed by atoms with van der Waals surface area (Å²) >= 11 is 0. The fraction of sp³-hybridized carbons (Fsp3) is 0.484. The Labute approximate surface area is 224 Å². The molecule has 1 unspecified atom stereocenters. The number of carboxylic acids is 1. The number of carboxylic acid groups (broad SMARTS) is 1. The van der Waals surface area contributed by atoms with Crippen LogP contribution >= 0.6 is 0 Å². The van der Waals surface area contributed by atoms with Crippen molar-refractivity contribution < 1.29 is 27.9 Å². The average molecular weight is 530 g/mol. The van der Waals surface area contributed by atoms with Crippen LogP contribution < -0.4 is 0 Å². The molecule has 0 saturated carbocycles. The van der Waals surface area contributed by atoms with Crippen LogP contribution in [-0.4, -0.2) is 21.9 Å². The van der Waals surface area contributed by atoms with E-state index in [2.05, 4.69) is 18.8 Å². The van der Waals surface area contributed by atoms with Gasteiger partial charge in [0.25, 0.3) is 0 Å². The summed E-state index contributed by atoms with van der Waals surface area (Å²) in [5.74, 6) is 3.63. The molecule has 0 aliphatic heterocycles. The highest BCUT2D eigenvalue weighted by Gasteiger charge is 2.32. The summed E-state index contributed by atoms with van der Waals surface area (Å²) < 4.78 is 38.9. The molecule has 0 saturated heterocycles. The maximum Gasteiger partial charge on any atom is 0.416 e. The molecule has 2 aromatic carbocycles. The molecule has 0 fully saturated rings. The summed E-state index contributed by atoms with van der Waals surface area (Å²) in [7, 11) is 0. The Kier molecular flexibility index (Phi) is 12.9. The van der Waals surface area contributed by atoms with Crippen molar-refractivity contribution in [1.82, 2.24) is 4.90 Å². The number of benzene rings is 2. The number of halogens is 3. The summed E-state index contributed by atoms with van der Waals surface area (Å²) in [5, 5.41) is 9.38. The Morgan fingerprint density at radius 2 is 1.45 bits per heavy atom. The molecule has 206 valence electrons. The maximum atomic E-state index is 13.0. The fourth-order valence-corrected chi connectivity index (χ4v) is 4.38. The number of nitrogens with zero attached hydrogens (tertiary/aromatic N) is 1. The van der Waals surface area contributed by atoms with E-state index in [1.54, 1.807) is 19.1 Å². The van der Waals surface area contributed by atoms with Gasteiger partial charge in [0.05, 0.1) is 11.6 Å². The minimum Gasteiger partial charge on any atom is -0.474 e. The first kappa shape index (κ1) is 31.0. The smallest absolute Gasteiger partial charge is 0.416 e. The number of hydrogen-bond donors (Lipinski definition) is 1. The van der Waals surface area contributed by atoms with Crippen molar-refractivity contribution in [2.24, 2.45) is 0 Å². The van der Waals surface area contributed by atoms with Gasteiger partial charge in [-0.3, -0.25) is 4.79 Å². The third-order valence-electron chi connectivity index (χ3n) is 6.52. The van der Waals surface area contributed by atoms with Crippen molar-refractivity contribution in [2.45, 2.75) is 96.8 Å². The highest BCUT2D eigenvalue weighted by molar-refractivity contribution is 6.31. The molecule has 0 aliphatic rings. The number of unbranched alkanes of at least 4 members (excludes halogenated alkanes) is 8. The fourth-order valence-electron chi connectivity index (χ4n) is 4.38. The molecule has 4 nitrogen and oxygen atoms in total. The Bertz CT molecular complexity index is 1070. The summed E-state index contributed by atoms with van der Waals surface area (Å²) in [6.07, 6.45) is 6.70. The zero-order chi connectivity index (χ0) is 28.0. The van der Waals surface area contributed by atoms with Crippen LogP contribution in [0.5, 0.6) is 0 Å². The van der Waals surface area contributed by atoms with E-state index in [-0.39, 0.29) is 6.54 Å². The van der Waals surface area contributed by atoms with Gasteiger partial charge in [0.2, 0.25) is 0 Å². The molecule has 0 aliphatic carbocycles. The van der Waals surface area contributed by atoms with Crippen molar-refractivity contribution in [1.29, 1.82) is 0 Å².